The van der Waals surface area contributed by atoms with Crippen molar-refractivity contribution in [2.75, 3.05) is 33.8 Å². The molecular formula is C27H35N5O3. The lowest BCUT2D eigenvalue weighted by Crippen LogP contribution is -2.48. The van der Waals surface area contributed by atoms with Crippen molar-refractivity contribution in [2.24, 2.45) is 11.8 Å². The summed E-state index contributed by atoms with van der Waals surface area (Å²) in [7, 11) is 4.05. The molecule has 2 heterocycles. The van der Waals surface area contributed by atoms with Crippen molar-refractivity contribution in [3.05, 3.63) is 29.5 Å². The van der Waals surface area contributed by atoms with Crippen LogP contribution >= 0.6 is 0 Å². The summed E-state index contributed by atoms with van der Waals surface area (Å²) < 4.78 is 6.05. The molecule has 2 amide bonds. The molecule has 1 aromatic carbocycles. The highest BCUT2D eigenvalue weighted by atomic mass is 16.5. The molecule has 1 aliphatic heterocycles. The molecule has 1 aromatic heterocycles. The number of aromatic nitrogens is 1. The Morgan fingerprint density at radius 1 is 1.26 bits per heavy atom. The molecule has 0 bridgehead atoms. The van der Waals surface area contributed by atoms with E-state index in [1.165, 1.54) is 0 Å². The first-order valence-corrected chi connectivity index (χ1v) is 12.8. The zero-order chi connectivity index (χ0) is 24.6. The minimum absolute atomic E-state index is 0.0741. The minimum atomic E-state index is -0.696. The lowest BCUT2D eigenvalue weighted by atomic mass is 9.77. The number of ether oxygens (including phenoxy) is 1. The van der Waals surface area contributed by atoms with Gasteiger partial charge < -0.3 is 24.8 Å². The third kappa shape index (κ3) is 4.74. The van der Waals surface area contributed by atoms with Gasteiger partial charge >= 0.3 is 0 Å². The van der Waals surface area contributed by atoms with Gasteiger partial charge in [0.1, 0.15) is 17.9 Å². The van der Waals surface area contributed by atoms with Gasteiger partial charge in [-0.2, -0.15) is 5.26 Å². The summed E-state index contributed by atoms with van der Waals surface area (Å²) in [4.78, 5) is 34.3. The Morgan fingerprint density at radius 2 is 2.03 bits per heavy atom. The molecule has 186 valence electrons. The van der Waals surface area contributed by atoms with Gasteiger partial charge in [0.05, 0.1) is 11.6 Å². The van der Waals surface area contributed by atoms with Crippen LogP contribution in [0.15, 0.2) is 18.2 Å². The Hall–Kier alpha value is -3.05. The van der Waals surface area contributed by atoms with Gasteiger partial charge in [-0.15, -0.1) is 0 Å². The molecule has 0 saturated heterocycles. The summed E-state index contributed by atoms with van der Waals surface area (Å²) in [5.41, 5.74) is 2.61. The smallest absolute Gasteiger partial charge is 0.226 e. The highest BCUT2D eigenvalue weighted by Crippen LogP contribution is 2.39. The van der Waals surface area contributed by atoms with Gasteiger partial charge in [-0.05, 0) is 45.8 Å². The summed E-state index contributed by atoms with van der Waals surface area (Å²) >= 11 is 0. The van der Waals surface area contributed by atoms with Crippen molar-refractivity contribution in [1.29, 1.82) is 5.26 Å². The van der Waals surface area contributed by atoms with Gasteiger partial charge in [0.25, 0.3) is 0 Å². The van der Waals surface area contributed by atoms with E-state index in [2.05, 4.69) is 27.3 Å². The second kappa shape index (κ2) is 9.54. The maximum atomic E-state index is 13.7. The van der Waals surface area contributed by atoms with E-state index in [1.54, 1.807) is 0 Å². The normalized spacial score (nSPS) is 23.0. The van der Waals surface area contributed by atoms with Gasteiger partial charge in [0.15, 0.2) is 0 Å². The molecule has 1 unspecified atom stereocenters. The number of nitriles is 1. The second-order valence-electron chi connectivity index (χ2n) is 10.6. The van der Waals surface area contributed by atoms with Gasteiger partial charge in [0.2, 0.25) is 11.8 Å². The Labute approximate surface area is 206 Å². The van der Waals surface area contributed by atoms with E-state index < -0.39 is 5.54 Å². The predicted molar refractivity (Wildman–Crippen MR) is 133 cm³/mol. The largest absolute Gasteiger partial charge is 0.490 e. The van der Waals surface area contributed by atoms with Crippen LogP contribution in [0.5, 0.6) is 5.75 Å². The van der Waals surface area contributed by atoms with E-state index in [0.717, 1.165) is 60.1 Å². The predicted octanol–water partition coefficient (Wildman–Crippen LogP) is 2.97. The molecule has 2 saturated carbocycles. The summed E-state index contributed by atoms with van der Waals surface area (Å²) in [6, 6.07) is 8.32. The number of para-hydroxylation sites is 1. The second-order valence-corrected chi connectivity index (χ2v) is 10.6. The molecular weight excluding hydrogens is 442 g/mol. The van der Waals surface area contributed by atoms with Crippen molar-refractivity contribution < 1.29 is 14.3 Å². The first kappa shape index (κ1) is 23.7. The average molecular weight is 478 g/mol. The van der Waals surface area contributed by atoms with Crippen LogP contribution in [-0.4, -0.2) is 65.9 Å². The highest BCUT2D eigenvalue weighted by Gasteiger charge is 2.47. The summed E-state index contributed by atoms with van der Waals surface area (Å²) in [5, 5.41) is 13.4. The fraction of sp³-hybridized carbons (Fsp3) is 0.593. The topological polar surface area (TPSA) is 101 Å². The lowest BCUT2D eigenvalue weighted by molar-refractivity contribution is -0.144. The fourth-order valence-corrected chi connectivity index (χ4v) is 5.55. The van der Waals surface area contributed by atoms with Crippen LogP contribution < -0.4 is 10.1 Å². The van der Waals surface area contributed by atoms with E-state index in [-0.39, 0.29) is 23.7 Å². The highest BCUT2D eigenvalue weighted by molar-refractivity contribution is 5.92. The molecule has 0 radical (unpaired) electrons. The number of rotatable bonds is 7. The summed E-state index contributed by atoms with van der Waals surface area (Å²) in [6.45, 7) is 2.63. The number of carbonyl (C=O) groups is 2. The van der Waals surface area contributed by atoms with E-state index in [0.29, 0.717) is 39.0 Å². The number of hydrogen-bond acceptors (Lipinski definition) is 5. The molecule has 5 rings (SSSR count). The molecule has 35 heavy (non-hydrogen) atoms. The molecule has 2 aliphatic carbocycles. The molecule has 0 spiro atoms. The zero-order valence-electron chi connectivity index (χ0n) is 20.7. The van der Waals surface area contributed by atoms with Crippen molar-refractivity contribution in [3.63, 3.8) is 0 Å². The summed E-state index contributed by atoms with van der Waals surface area (Å²) in [6.07, 6.45) is 5.52. The number of H-pyrrole nitrogens is 1. The molecule has 8 heteroatoms. The Morgan fingerprint density at radius 3 is 2.74 bits per heavy atom. The van der Waals surface area contributed by atoms with E-state index in [1.807, 2.05) is 31.1 Å². The third-order valence-electron chi connectivity index (χ3n) is 7.83. The van der Waals surface area contributed by atoms with E-state index >= 15 is 0 Å². The maximum absolute atomic E-state index is 13.7. The van der Waals surface area contributed by atoms with Crippen LogP contribution in [0.1, 0.15) is 49.8 Å². The molecule has 2 aromatic rings. The Kier molecular flexibility index (Phi) is 6.45. The Balaban J connectivity index is 1.32. The SMILES string of the molecule is CN(C)CCOc1cccc2c3c([nH]c12)CCN(C(=O)C1CCCC[C@H]1C(=O)NC1(C#N)CC1)C3. The van der Waals surface area contributed by atoms with Crippen LogP contribution in [-0.2, 0) is 22.6 Å². The molecule has 2 fully saturated rings. The number of fused-ring (bicyclic) bond motifs is 3. The number of nitrogens with one attached hydrogen (secondary N) is 2. The quantitative estimate of drug-likeness (QED) is 0.639. The minimum Gasteiger partial charge on any atom is -0.490 e. The van der Waals surface area contributed by atoms with Crippen LogP contribution in [0.3, 0.4) is 0 Å². The van der Waals surface area contributed by atoms with Crippen molar-refractivity contribution in [2.45, 2.75) is 57.0 Å². The van der Waals surface area contributed by atoms with E-state index in [9.17, 15) is 14.9 Å². The van der Waals surface area contributed by atoms with Gasteiger partial charge in [0, 0.05) is 54.5 Å². The monoisotopic (exact) mass is 477 g/mol. The van der Waals surface area contributed by atoms with Crippen LogP contribution in [0.25, 0.3) is 10.9 Å². The van der Waals surface area contributed by atoms with Crippen molar-refractivity contribution in [3.8, 4) is 11.8 Å². The lowest BCUT2D eigenvalue weighted by Gasteiger charge is -2.36. The molecule has 3 aliphatic rings. The number of benzene rings is 1. The van der Waals surface area contributed by atoms with Crippen LogP contribution in [0.4, 0.5) is 0 Å². The van der Waals surface area contributed by atoms with Crippen molar-refractivity contribution >= 4 is 22.7 Å². The molecule has 8 nitrogen and oxygen atoms in total. The average Bonchev–Trinajstić information content (AvgIpc) is 3.54. The van der Waals surface area contributed by atoms with Crippen LogP contribution in [0.2, 0.25) is 0 Å². The van der Waals surface area contributed by atoms with Gasteiger partial charge in [-0.25, -0.2) is 0 Å². The first-order valence-electron chi connectivity index (χ1n) is 12.8. The number of likely N-dealkylation sites (N-methyl/N-ethyl adjacent to an activating group) is 1. The van der Waals surface area contributed by atoms with E-state index in [4.69, 9.17) is 4.74 Å². The van der Waals surface area contributed by atoms with Crippen LogP contribution in [0, 0.1) is 23.2 Å². The zero-order valence-corrected chi connectivity index (χ0v) is 20.7. The summed E-state index contributed by atoms with van der Waals surface area (Å²) in [5.74, 6) is 0.140. The number of aromatic amines is 1. The molecule has 2 N–H and O–H groups in total. The standard InChI is InChI=1S/C27H35N5O3/c1-31(2)14-15-35-23-9-5-8-18-21-16-32(13-10-22(21)29-24(18)23)26(34)20-7-4-3-6-19(20)25(33)30-27(17-28)11-12-27/h5,8-9,19-20,29H,3-4,6-7,10-16H2,1-2H3,(H,30,33)/t19-,20?/m1/s1. The number of amides is 2. The maximum Gasteiger partial charge on any atom is 0.226 e. The fourth-order valence-electron chi connectivity index (χ4n) is 5.55. The number of carbonyl (C=O) groups excluding carboxylic acids is 2. The number of hydrogen-bond donors (Lipinski definition) is 2. The number of nitrogens with zero attached hydrogens (tertiary/aromatic N) is 3. The van der Waals surface area contributed by atoms with Gasteiger partial charge in [-0.1, -0.05) is 25.0 Å². The Bertz CT molecular complexity index is 1160. The first-order chi connectivity index (χ1) is 16.9. The third-order valence-corrected chi connectivity index (χ3v) is 7.83. The molecule has 2 atom stereocenters. The van der Waals surface area contributed by atoms with Gasteiger partial charge in [-0.3, -0.25) is 9.59 Å². The van der Waals surface area contributed by atoms with Crippen molar-refractivity contribution in [1.82, 2.24) is 20.1 Å².